The summed E-state index contributed by atoms with van der Waals surface area (Å²) in [6, 6.07) is 14.8. The Morgan fingerprint density at radius 2 is 1.96 bits per heavy atom. The minimum Gasteiger partial charge on any atom is -0.392 e. The molecule has 3 aromatic rings. The Balaban J connectivity index is 1.72. The van der Waals surface area contributed by atoms with Crippen molar-refractivity contribution in [1.29, 1.82) is 0 Å². The molecule has 116 valence electrons. The van der Waals surface area contributed by atoms with Crippen molar-refractivity contribution < 1.29 is 9.90 Å². The summed E-state index contributed by atoms with van der Waals surface area (Å²) in [5.41, 5.74) is 3.19. The second-order valence-corrected chi connectivity index (χ2v) is 5.13. The van der Waals surface area contributed by atoms with Gasteiger partial charge in [-0.25, -0.2) is 4.98 Å². The summed E-state index contributed by atoms with van der Waals surface area (Å²) in [4.78, 5) is 16.3. The summed E-state index contributed by atoms with van der Waals surface area (Å²) in [6.45, 7) is 0.340. The van der Waals surface area contributed by atoms with Crippen LogP contribution in [0.5, 0.6) is 0 Å². The monoisotopic (exact) mass is 307 g/mol. The summed E-state index contributed by atoms with van der Waals surface area (Å²) >= 11 is 0. The molecule has 0 unspecified atom stereocenters. The minimum absolute atomic E-state index is 0.0395. The highest BCUT2D eigenvalue weighted by Gasteiger charge is 2.08. The van der Waals surface area contributed by atoms with Crippen LogP contribution in [0.4, 0.5) is 0 Å². The van der Waals surface area contributed by atoms with E-state index in [1.807, 2.05) is 53.2 Å². The van der Waals surface area contributed by atoms with E-state index in [1.165, 1.54) is 0 Å². The first-order valence-electron chi connectivity index (χ1n) is 7.32. The Kier molecular flexibility index (Phi) is 4.49. The highest BCUT2D eigenvalue weighted by Crippen LogP contribution is 2.12. The molecule has 5 nitrogen and oxygen atoms in total. The fraction of sp³-hybridized carbons (Fsp3) is 0.111. The summed E-state index contributed by atoms with van der Waals surface area (Å²) in [5.74, 6) is -0.153. The van der Waals surface area contributed by atoms with E-state index in [0.717, 1.165) is 16.8 Å². The van der Waals surface area contributed by atoms with Gasteiger partial charge in [0.15, 0.2) is 0 Å². The molecular formula is C18H17N3O2. The van der Waals surface area contributed by atoms with Gasteiger partial charge in [0.2, 0.25) is 0 Å². The van der Waals surface area contributed by atoms with Crippen LogP contribution in [-0.4, -0.2) is 20.6 Å². The molecule has 1 aromatic heterocycles. The number of aliphatic hydroxyl groups is 1. The lowest BCUT2D eigenvalue weighted by Gasteiger charge is -2.10. The van der Waals surface area contributed by atoms with Crippen LogP contribution < -0.4 is 5.32 Å². The van der Waals surface area contributed by atoms with E-state index < -0.39 is 0 Å². The molecule has 0 saturated heterocycles. The molecule has 23 heavy (non-hydrogen) atoms. The molecule has 0 bridgehead atoms. The van der Waals surface area contributed by atoms with E-state index in [-0.39, 0.29) is 12.5 Å². The van der Waals surface area contributed by atoms with E-state index in [9.17, 15) is 9.90 Å². The minimum atomic E-state index is -0.153. The molecule has 0 aliphatic heterocycles. The predicted octanol–water partition coefficient (Wildman–Crippen LogP) is 2.29. The Bertz CT molecular complexity index is 798. The highest BCUT2D eigenvalue weighted by molar-refractivity contribution is 5.94. The van der Waals surface area contributed by atoms with Gasteiger partial charge in [0.05, 0.1) is 12.9 Å². The van der Waals surface area contributed by atoms with Crippen molar-refractivity contribution in [2.24, 2.45) is 0 Å². The van der Waals surface area contributed by atoms with Gasteiger partial charge in [-0.2, -0.15) is 0 Å². The molecule has 5 heteroatoms. The van der Waals surface area contributed by atoms with Crippen LogP contribution in [0, 0.1) is 0 Å². The molecular weight excluding hydrogens is 290 g/mol. The number of hydrogen-bond donors (Lipinski definition) is 2. The molecule has 0 spiro atoms. The maximum absolute atomic E-state index is 12.3. The van der Waals surface area contributed by atoms with E-state index in [0.29, 0.717) is 12.1 Å². The lowest BCUT2D eigenvalue weighted by molar-refractivity contribution is 0.0950. The molecule has 0 aliphatic rings. The van der Waals surface area contributed by atoms with Crippen molar-refractivity contribution in [2.45, 2.75) is 13.2 Å². The molecule has 0 saturated carbocycles. The molecule has 2 aromatic carbocycles. The number of carbonyl (C=O) groups excluding carboxylic acids is 1. The van der Waals surface area contributed by atoms with Crippen molar-refractivity contribution in [3.05, 3.63) is 83.9 Å². The summed E-state index contributed by atoms with van der Waals surface area (Å²) < 4.78 is 1.85. The zero-order valence-electron chi connectivity index (χ0n) is 12.5. The molecule has 0 radical (unpaired) electrons. The average Bonchev–Trinajstić information content (AvgIpc) is 3.14. The van der Waals surface area contributed by atoms with E-state index >= 15 is 0 Å². The molecule has 3 rings (SSSR count). The normalized spacial score (nSPS) is 10.5. The predicted molar refractivity (Wildman–Crippen MR) is 87.1 cm³/mol. The molecule has 0 aliphatic carbocycles. The fourth-order valence-corrected chi connectivity index (χ4v) is 2.38. The van der Waals surface area contributed by atoms with Crippen LogP contribution in [0.25, 0.3) is 5.69 Å². The Hall–Kier alpha value is -2.92. The van der Waals surface area contributed by atoms with Crippen LogP contribution in [0.1, 0.15) is 21.5 Å². The summed E-state index contributed by atoms with van der Waals surface area (Å²) in [6.07, 6.45) is 5.21. The van der Waals surface area contributed by atoms with Gasteiger partial charge in [0, 0.05) is 30.2 Å². The second-order valence-electron chi connectivity index (χ2n) is 5.13. The maximum atomic E-state index is 12.3. The van der Waals surface area contributed by atoms with Crippen LogP contribution in [0.2, 0.25) is 0 Å². The van der Waals surface area contributed by atoms with Gasteiger partial charge in [-0.15, -0.1) is 0 Å². The Labute approximate surface area is 134 Å². The van der Waals surface area contributed by atoms with Gasteiger partial charge >= 0.3 is 0 Å². The third kappa shape index (κ3) is 3.46. The van der Waals surface area contributed by atoms with Gasteiger partial charge in [-0.05, 0) is 29.3 Å². The van der Waals surface area contributed by atoms with Crippen LogP contribution >= 0.6 is 0 Å². The van der Waals surface area contributed by atoms with Gasteiger partial charge in [-0.3, -0.25) is 4.79 Å². The largest absolute Gasteiger partial charge is 0.392 e. The molecule has 0 atom stereocenters. The number of rotatable bonds is 5. The number of hydrogen-bond acceptors (Lipinski definition) is 3. The molecule has 2 N–H and O–H groups in total. The van der Waals surface area contributed by atoms with E-state index in [2.05, 4.69) is 10.3 Å². The Morgan fingerprint density at radius 1 is 1.13 bits per heavy atom. The first kappa shape index (κ1) is 15.0. The van der Waals surface area contributed by atoms with Crippen LogP contribution in [0.15, 0.2) is 67.3 Å². The van der Waals surface area contributed by atoms with Gasteiger partial charge < -0.3 is 15.0 Å². The number of amides is 1. The van der Waals surface area contributed by atoms with Crippen molar-refractivity contribution in [2.75, 3.05) is 0 Å². The molecule has 1 heterocycles. The number of nitrogens with zero attached hydrogens (tertiary/aromatic N) is 2. The molecule has 1 amide bonds. The third-order valence-electron chi connectivity index (χ3n) is 3.64. The van der Waals surface area contributed by atoms with Gasteiger partial charge in [0.1, 0.15) is 0 Å². The van der Waals surface area contributed by atoms with E-state index in [4.69, 9.17) is 0 Å². The van der Waals surface area contributed by atoms with Crippen molar-refractivity contribution in [3.63, 3.8) is 0 Å². The highest BCUT2D eigenvalue weighted by atomic mass is 16.3. The standard InChI is InChI=1S/C18H17N3O2/c22-12-16-5-2-1-4-15(16)11-20-18(23)14-6-3-7-17(10-14)21-9-8-19-13-21/h1-10,13,22H,11-12H2,(H,20,23). The van der Waals surface area contributed by atoms with Crippen LogP contribution in [-0.2, 0) is 13.2 Å². The quantitative estimate of drug-likeness (QED) is 0.760. The SMILES string of the molecule is O=C(NCc1ccccc1CO)c1cccc(-n2ccnc2)c1. The third-order valence-corrected chi connectivity index (χ3v) is 3.64. The summed E-state index contributed by atoms with van der Waals surface area (Å²) in [7, 11) is 0. The number of aliphatic hydroxyl groups excluding tert-OH is 1. The average molecular weight is 307 g/mol. The number of aromatic nitrogens is 2. The van der Waals surface area contributed by atoms with Crippen molar-refractivity contribution in [1.82, 2.24) is 14.9 Å². The zero-order chi connectivity index (χ0) is 16.1. The zero-order valence-corrected chi connectivity index (χ0v) is 12.5. The van der Waals surface area contributed by atoms with Crippen molar-refractivity contribution in [3.8, 4) is 5.69 Å². The van der Waals surface area contributed by atoms with Gasteiger partial charge in [-0.1, -0.05) is 30.3 Å². The van der Waals surface area contributed by atoms with E-state index in [1.54, 1.807) is 18.6 Å². The second kappa shape index (κ2) is 6.89. The topological polar surface area (TPSA) is 67.2 Å². The number of imidazole rings is 1. The van der Waals surface area contributed by atoms with Crippen LogP contribution in [0.3, 0.4) is 0 Å². The van der Waals surface area contributed by atoms with Crippen molar-refractivity contribution >= 4 is 5.91 Å². The first-order valence-corrected chi connectivity index (χ1v) is 7.32. The first-order chi connectivity index (χ1) is 11.3. The fourth-order valence-electron chi connectivity index (χ4n) is 2.38. The maximum Gasteiger partial charge on any atom is 0.251 e. The lowest BCUT2D eigenvalue weighted by Crippen LogP contribution is -2.23. The Morgan fingerprint density at radius 3 is 2.70 bits per heavy atom. The number of carbonyl (C=O) groups is 1. The number of nitrogens with one attached hydrogen (secondary N) is 1. The lowest BCUT2D eigenvalue weighted by atomic mass is 10.1. The molecule has 0 fully saturated rings. The number of benzene rings is 2. The smallest absolute Gasteiger partial charge is 0.251 e. The summed E-state index contributed by atoms with van der Waals surface area (Å²) in [5, 5.41) is 12.2. The van der Waals surface area contributed by atoms with Gasteiger partial charge in [0.25, 0.3) is 5.91 Å².